The molecule has 0 aliphatic carbocycles. The fraction of sp³-hybridized carbons (Fsp3) is 0.263. The van der Waals surface area contributed by atoms with Crippen LogP contribution < -0.4 is 4.74 Å². The average Bonchev–Trinajstić information content (AvgIpc) is 3.40. The number of hydrogen-bond acceptors (Lipinski definition) is 7. The fourth-order valence-electron chi connectivity index (χ4n) is 2.94. The quantitative estimate of drug-likeness (QED) is 0.569. The third-order valence-electron chi connectivity index (χ3n) is 4.43. The Morgan fingerprint density at radius 3 is 2.47 bits per heavy atom. The van der Waals surface area contributed by atoms with Crippen LogP contribution in [0.2, 0.25) is 0 Å². The topological polar surface area (TPSA) is 91.5 Å². The molecule has 0 radical (unpaired) electrons. The minimum atomic E-state index is -5.55. The molecule has 1 aromatic heterocycles. The van der Waals surface area contributed by atoms with E-state index in [0.29, 0.717) is 23.9 Å². The van der Waals surface area contributed by atoms with Gasteiger partial charge in [0.2, 0.25) is 5.82 Å². The predicted octanol–water partition coefficient (Wildman–Crippen LogP) is 4.67. The van der Waals surface area contributed by atoms with Crippen molar-refractivity contribution in [2.45, 2.75) is 29.3 Å². The highest BCUT2D eigenvalue weighted by Crippen LogP contribution is 2.37. The maximum absolute atomic E-state index is 12.9. The summed E-state index contributed by atoms with van der Waals surface area (Å²) in [6, 6.07) is 10.7. The summed E-state index contributed by atoms with van der Waals surface area (Å²) in [5.41, 5.74) is -4.85. The molecule has 1 saturated heterocycles. The summed E-state index contributed by atoms with van der Waals surface area (Å²) in [6.45, 7) is 0.639. The molecule has 4 rings (SSSR count). The molecule has 158 valence electrons. The van der Waals surface area contributed by atoms with E-state index in [1.54, 1.807) is 12.1 Å². The van der Waals surface area contributed by atoms with Crippen molar-refractivity contribution in [1.82, 2.24) is 10.1 Å². The van der Waals surface area contributed by atoms with Crippen molar-refractivity contribution in [2.24, 2.45) is 0 Å². The Bertz CT molecular complexity index is 1140. The third-order valence-corrected chi connectivity index (χ3v) is 5.96. The number of ether oxygens (including phenoxy) is 2. The van der Waals surface area contributed by atoms with Crippen LogP contribution in [0.1, 0.15) is 24.8 Å². The molecule has 1 aliphatic rings. The van der Waals surface area contributed by atoms with Crippen LogP contribution in [0.3, 0.4) is 0 Å². The van der Waals surface area contributed by atoms with E-state index >= 15 is 0 Å². The molecule has 0 bridgehead atoms. The number of rotatable bonds is 5. The van der Waals surface area contributed by atoms with Gasteiger partial charge >= 0.3 is 5.51 Å². The fourth-order valence-corrected chi connectivity index (χ4v) is 3.82. The predicted molar refractivity (Wildman–Crippen MR) is 97.4 cm³/mol. The second kappa shape index (κ2) is 7.73. The molecule has 7 nitrogen and oxygen atoms in total. The third kappa shape index (κ3) is 3.90. The molecular weight excluding hydrogens is 425 g/mol. The standard InChI is InChI=1S/C19H15F3N2O5S/c20-19(21,22)30(25,26)16-6-2-1-4-14(16)28-13-9-7-12(8-10-13)17-23-18(29-24-17)15-5-3-11-27-15/h1-2,4,6-10,15H,3,5,11H2. The molecule has 2 heterocycles. The number of alkyl halides is 3. The van der Waals surface area contributed by atoms with Crippen LogP contribution in [0, 0.1) is 0 Å². The number of sulfone groups is 1. The molecule has 2 aromatic carbocycles. The van der Waals surface area contributed by atoms with Gasteiger partial charge < -0.3 is 14.0 Å². The zero-order valence-electron chi connectivity index (χ0n) is 15.3. The van der Waals surface area contributed by atoms with Crippen LogP contribution in [-0.2, 0) is 14.6 Å². The van der Waals surface area contributed by atoms with E-state index in [0.717, 1.165) is 25.0 Å². The monoisotopic (exact) mass is 440 g/mol. The molecule has 0 saturated carbocycles. The summed E-state index contributed by atoms with van der Waals surface area (Å²) >= 11 is 0. The Morgan fingerprint density at radius 2 is 1.80 bits per heavy atom. The van der Waals surface area contributed by atoms with Crippen LogP contribution in [-0.4, -0.2) is 30.7 Å². The minimum absolute atomic E-state index is 0.145. The molecule has 0 amide bonds. The van der Waals surface area contributed by atoms with E-state index in [1.165, 1.54) is 24.3 Å². The van der Waals surface area contributed by atoms with Crippen LogP contribution in [0.4, 0.5) is 13.2 Å². The molecular formula is C19H15F3N2O5S. The highest BCUT2D eigenvalue weighted by atomic mass is 32.2. The van der Waals surface area contributed by atoms with E-state index in [1.807, 2.05) is 0 Å². The van der Waals surface area contributed by atoms with Gasteiger partial charge in [0.1, 0.15) is 22.5 Å². The van der Waals surface area contributed by atoms with Crippen molar-refractivity contribution in [3.8, 4) is 22.9 Å². The smallest absolute Gasteiger partial charge is 0.456 e. The highest BCUT2D eigenvalue weighted by molar-refractivity contribution is 7.92. The van der Waals surface area contributed by atoms with E-state index in [2.05, 4.69) is 10.1 Å². The summed E-state index contributed by atoms with van der Waals surface area (Å²) in [7, 11) is -5.55. The molecule has 0 N–H and O–H groups in total. The van der Waals surface area contributed by atoms with E-state index < -0.39 is 26.0 Å². The van der Waals surface area contributed by atoms with Gasteiger partial charge in [-0.3, -0.25) is 0 Å². The lowest BCUT2D eigenvalue weighted by atomic mass is 10.2. The number of halogens is 3. The van der Waals surface area contributed by atoms with Crippen molar-refractivity contribution in [1.29, 1.82) is 0 Å². The van der Waals surface area contributed by atoms with Crippen molar-refractivity contribution >= 4 is 9.84 Å². The van der Waals surface area contributed by atoms with Gasteiger partial charge in [-0.05, 0) is 49.2 Å². The maximum Gasteiger partial charge on any atom is 0.502 e. The normalized spacial score (nSPS) is 17.2. The van der Waals surface area contributed by atoms with Crippen molar-refractivity contribution in [2.75, 3.05) is 6.61 Å². The van der Waals surface area contributed by atoms with Crippen molar-refractivity contribution in [3.05, 3.63) is 54.4 Å². The molecule has 11 heteroatoms. The van der Waals surface area contributed by atoms with E-state index in [-0.39, 0.29) is 11.9 Å². The number of aromatic nitrogens is 2. The lowest BCUT2D eigenvalue weighted by Crippen LogP contribution is -2.23. The van der Waals surface area contributed by atoms with Crippen molar-refractivity contribution in [3.63, 3.8) is 0 Å². The van der Waals surface area contributed by atoms with E-state index in [4.69, 9.17) is 14.0 Å². The van der Waals surface area contributed by atoms with Gasteiger partial charge in [-0.2, -0.15) is 18.2 Å². The number of nitrogens with zero attached hydrogens (tertiary/aromatic N) is 2. The first kappa shape index (κ1) is 20.4. The molecule has 1 unspecified atom stereocenters. The van der Waals surface area contributed by atoms with Crippen LogP contribution in [0.15, 0.2) is 57.9 Å². The number of hydrogen-bond donors (Lipinski definition) is 0. The summed E-state index contributed by atoms with van der Waals surface area (Å²) in [6.07, 6.45) is 1.50. The summed E-state index contributed by atoms with van der Waals surface area (Å²) in [5, 5.41) is 3.91. The lowest BCUT2D eigenvalue weighted by Gasteiger charge is -2.13. The van der Waals surface area contributed by atoms with Gasteiger partial charge in [0.25, 0.3) is 15.7 Å². The summed E-state index contributed by atoms with van der Waals surface area (Å²) in [5.74, 6) is 0.426. The molecule has 3 aromatic rings. The lowest BCUT2D eigenvalue weighted by molar-refractivity contribution is -0.0436. The van der Waals surface area contributed by atoms with Gasteiger partial charge in [0, 0.05) is 12.2 Å². The Morgan fingerprint density at radius 1 is 1.07 bits per heavy atom. The second-order valence-corrected chi connectivity index (χ2v) is 8.39. The molecule has 1 fully saturated rings. The largest absolute Gasteiger partial charge is 0.502 e. The SMILES string of the molecule is O=S(=O)(c1ccccc1Oc1ccc(-c2noc(C3CCCO3)n2)cc1)C(F)(F)F. The molecule has 30 heavy (non-hydrogen) atoms. The maximum atomic E-state index is 12.9. The Balaban J connectivity index is 1.55. The van der Waals surface area contributed by atoms with E-state index in [9.17, 15) is 21.6 Å². The number of benzene rings is 2. The second-order valence-electron chi connectivity index (χ2n) is 6.48. The van der Waals surface area contributed by atoms with Crippen LogP contribution in [0.5, 0.6) is 11.5 Å². The minimum Gasteiger partial charge on any atom is -0.456 e. The average molecular weight is 440 g/mol. The Kier molecular flexibility index (Phi) is 5.24. The van der Waals surface area contributed by atoms with Gasteiger partial charge in [-0.1, -0.05) is 17.3 Å². The van der Waals surface area contributed by atoms with Crippen LogP contribution in [0.25, 0.3) is 11.4 Å². The van der Waals surface area contributed by atoms with Gasteiger partial charge in [-0.25, -0.2) is 8.42 Å². The first-order valence-corrected chi connectivity index (χ1v) is 10.4. The number of para-hydroxylation sites is 1. The highest BCUT2D eigenvalue weighted by Gasteiger charge is 2.48. The Labute approximate surface area is 169 Å². The van der Waals surface area contributed by atoms with Gasteiger partial charge in [0.05, 0.1) is 0 Å². The van der Waals surface area contributed by atoms with Crippen molar-refractivity contribution < 1.29 is 35.6 Å². The van der Waals surface area contributed by atoms with Gasteiger partial charge in [0.15, 0.2) is 0 Å². The zero-order valence-corrected chi connectivity index (χ0v) is 16.1. The van der Waals surface area contributed by atoms with Gasteiger partial charge in [-0.15, -0.1) is 0 Å². The van der Waals surface area contributed by atoms with Crippen LogP contribution >= 0.6 is 0 Å². The molecule has 1 atom stereocenters. The first-order chi connectivity index (χ1) is 14.3. The molecule has 0 spiro atoms. The summed E-state index contributed by atoms with van der Waals surface area (Å²) < 4.78 is 78.4. The molecule has 1 aliphatic heterocycles. The first-order valence-electron chi connectivity index (χ1n) is 8.89. The summed E-state index contributed by atoms with van der Waals surface area (Å²) in [4.78, 5) is 3.34. The Hall–Kier alpha value is -2.92. The zero-order chi connectivity index (χ0) is 21.4.